The number of anilines is 1. The highest BCUT2D eigenvalue weighted by atomic mass is 35.5. The molecule has 1 aromatic rings. The molecule has 0 aliphatic heterocycles. The van der Waals surface area contributed by atoms with E-state index in [0.717, 1.165) is 5.01 Å². The van der Waals surface area contributed by atoms with Crippen LogP contribution in [0.15, 0.2) is 24.3 Å². The molecule has 0 aliphatic rings. The normalized spacial score (nSPS) is 9.27. The summed E-state index contributed by atoms with van der Waals surface area (Å²) in [5, 5.41) is 1.39. The third-order valence-corrected chi connectivity index (χ3v) is 1.56. The van der Waals surface area contributed by atoms with Gasteiger partial charge in [-0.1, -0.05) is 23.7 Å². The molecule has 58 valence electrons. The largest absolute Gasteiger partial charge is 0.277 e. The summed E-state index contributed by atoms with van der Waals surface area (Å²) < 4.78 is 0. The number of benzene rings is 1. The topological polar surface area (TPSA) is 46.3 Å². The van der Waals surface area contributed by atoms with Crippen molar-refractivity contribution < 1.29 is 4.79 Å². The summed E-state index contributed by atoms with van der Waals surface area (Å²) in [6.07, 6.45) is 0.501. The maximum absolute atomic E-state index is 10.2. The number of amides is 1. The Labute approximate surface area is 69.3 Å². The van der Waals surface area contributed by atoms with Crippen molar-refractivity contribution in [3.63, 3.8) is 0 Å². The van der Waals surface area contributed by atoms with Gasteiger partial charge in [0.1, 0.15) is 0 Å². The van der Waals surface area contributed by atoms with Crippen molar-refractivity contribution in [2.75, 3.05) is 5.01 Å². The highest BCUT2D eigenvalue weighted by molar-refractivity contribution is 6.33. The van der Waals surface area contributed by atoms with Gasteiger partial charge in [-0.25, -0.2) is 10.9 Å². The predicted molar refractivity (Wildman–Crippen MR) is 44.2 cm³/mol. The average molecular weight is 171 g/mol. The zero-order valence-corrected chi connectivity index (χ0v) is 6.45. The van der Waals surface area contributed by atoms with Gasteiger partial charge in [0.15, 0.2) is 0 Å². The standard InChI is InChI=1S/C7H7ClN2O/c8-6-3-1-2-4-7(6)10(9)5-11/h1-5H,9H2. The van der Waals surface area contributed by atoms with E-state index in [9.17, 15) is 4.79 Å². The monoisotopic (exact) mass is 170 g/mol. The Balaban J connectivity index is 3.02. The van der Waals surface area contributed by atoms with Gasteiger partial charge < -0.3 is 0 Å². The van der Waals surface area contributed by atoms with E-state index in [1.165, 1.54) is 0 Å². The number of para-hydroxylation sites is 1. The van der Waals surface area contributed by atoms with Gasteiger partial charge in [-0.3, -0.25) is 4.79 Å². The molecule has 11 heavy (non-hydrogen) atoms. The number of hydrazine groups is 1. The molecule has 4 heteroatoms. The van der Waals surface area contributed by atoms with E-state index in [0.29, 0.717) is 17.1 Å². The number of nitrogens with zero attached hydrogens (tertiary/aromatic N) is 1. The highest BCUT2D eigenvalue weighted by Crippen LogP contribution is 2.21. The Hall–Kier alpha value is -1.06. The SMILES string of the molecule is NN(C=O)c1ccccc1Cl. The zero-order valence-electron chi connectivity index (χ0n) is 5.70. The first-order valence-corrected chi connectivity index (χ1v) is 3.37. The van der Waals surface area contributed by atoms with Crippen LogP contribution < -0.4 is 10.9 Å². The molecule has 0 aliphatic carbocycles. The minimum absolute atomic E-state index is 0.460. The summed E-state index contributed by atoms with van der Waals surface area (Å²) in [7, 11) is 0. The molecule has 1 rings (SSSR count). The van der Waals surface area contributed by atoms with Crippen molar-refractivity contribution in [1.29, 1.82) is 0 Å². The van der Waals surface area contributed by atoms with Crippen LogP contribution >= 0.6 is 11.6 Å². The van der Waals surface area contributed by atoms with Gasteiger partial charge in [0.05, 0.1) is 10.7 Å². The van der Waals surface area contributed by atoms with Crippen molar-refractivity contribution in [2.45, 2.75) is 0 Å². The Kier molecular flexibility index (Phi) is 2.46. The molecule has 0 saturated carbocycles. The van der Waals surface area contributed by atoms with Gasteiger partial charge in [-0.15, -0.1) is 0 Å². The van der Waals surface area contributed by atoms with Gasteiger partial charge in [-0.2, -0.15) is 0 Å². The molecule has 0 bridgehead atoms. The fraction of sp³-hybridized carbons (Fsp3) is 0. The molecular weight excluding hydrogens is 164 g/mol. The Morgan fingerprint density at radius 2 is 2.09 bits per heavy atom. The average Bonchev–Trinajstić information content (AvgIpc) is 2.04. The lowest BCUT2D eigenvalue weighted by Gasteiger charge is -2.10. The van der Waals surface area contributed by atoms with Crippen molar-refractivity contribution >= 4 is 23.7 Å². The maximum Gasteiger partial charge on any atom is 0.228 e. The van der Waals surface area contributed by atoms with Crippen LogP contribution in [-0.4, -0.2) is 6.41 Å². The summed E-state index contributed by atoms with van der Waals surface area (Å²) in [5.74, 6) is 5.28. The molecule has 2 N–H and O–H groups in total. The van der Waals surface area contributed by atoms with Crippen molar-refractivity contribution in [3.8, 4) is 0 Å². The first-order chi connectivity index (χ1) is 5.25. The van der Waals surface area contributed by atoms with E-state index >= 15 is 0 Å². The molecule has 0 heterocycles. The van der Waals surface area contributed by atoms with Crippen LogP contribution in [0.4, 0.5) is 5.69 Å². The van der Waals surface area contributed by atoms with Crippen LogP contribution in [0.5, 0.6) is 0 Å². The second-order valence-corrected chi connectivity index (χ2v) is 2.37. The van der Waals surface area contributed by atoms with Crippen LogP contribution in [0.1, 0.15) is 0 Å². The summed E-state index contributed by atoms with van der Waals surface area (Å²) in [4.78, 5) is 10.2. The predicted octanol–water partition coefficient (Wildman–Crippen LogP) is 1.18. The molecule has 0 spiro atoms. The van der Waals surface area contributed by atoms with Gasteiger partial charge >= 0.3 is 0 Å². The lowest BCUT2D eigenvalue weighted by atomic mass is 10.3. The molecule has 1 aromatic carbocycles. The molecule has 3 nitrogen and oxygen atoms in total. The smallest absolute Gasteiger partial charge is 0.228 e. The molecule has 0 aromatic heterocycles. The summed E-state index contributed by atoms with van der Waals surface area (Å²) >= 11 is 5.72. The minimum atomic E-state index is 0.460. The molecule has 0 fully saturated rings. The van der Waals surface area contributed by atoms with Gasteiger partial charge in [0.2, 0.25) is 6.41 Å². The van der Waals surface area contributed by atoms with E-state index < -0.39 is 0 Å². The molecular formula is C7H7ClN2O. The number of hydrogen-bond donors (Lipinski definition) is 1. The Morgan fingerprint density at radius 1 is 1.45 bits per heavy atom. The van der Waals surface area contributed by atoms with E-state index in [4.69, 9.17) is 17.4 Å². The Morgan fingerprint density at radius 3 is 2.64 bits per heavy atom. The number of carbonyl (C=O) groups is 1. The molecule has 0 unspecified atom stereocenters. The third kappa shape index (κ3) is 1.69. The van der Waals surface area contributed by atoms with Crippen molar-refractivity contribution in [2.24, 2.45) is 5.84 Å². The van der Waals surface area contributed by atoms with Crippen LogP contribution in [0.2, 0.25) is 5.02 Å². The fourth-order valence-corrected chi connectivity index (χ4v) is 0.951. The summed E-state index contributed by atoms with van der Waals surface area (Å²) in [6.45, 7) is 0. The summed E-state index contributed by atoms with van der Waals surface area (Å²) in [6, 6.07) is 6.85. The van der Waals surface area contributed by atoms with Crippen LogP contribution in [-0.2, 0) is 4.79 Å². The number of halogens is 1. The number of nitrogens with two attached hydrogens (primary N) is 1. The van der Waals surface area contributed by atoms with Crippen LogP contribution in [0, 0.1) is 0 Å². The van der Waals surface area contributed by atoms with Gasteiger partial charge in [-0.05, 0) is 12.1 Å². The van der Waals surface area contributed by atoms with Crippen molar-refractivity contribution in [3.05, 3.63) is 29.3 Å². The first kappa shape index (κ1) is 8.04. The second-order valence-electron chi connectivity index (χ2n) is 1.96. The van der Waals surface area contributed by atoms with E-state index in [-0.39, 0.29) is 0 Å². The van der Waals surface area contributed by atoms with E-state index in [1.54, 1.807) is 24.3 Å². The van der Waals surface area contributed by atoms with Crippen LogP contribution in [0.25, 0.3) is 0 Å². The third-order valence-electron chi connectivity index (χ3n) is 1.24. The lowest BCUT2D eigenvalue weighted by molar-refractivity contribution is -0.107. The maximum atomic E-state index is 10.2. The van der Waals surface area contributed by atoms with Gasteiger partial charge in [0, 0.05) is 0 Å². The zero-order chi connectivity index (χ0) is 8.27. The van der Waals surface area contributed by atoms with E-state index in [2.05, 4.69) is 0 Å². The highest BCUT2D eigenvalue weighted by Gasteiger charge is 2.02. The molecule has 0 saturated heterocycles. The molecule has 0 radical (unpaired) electrons. The van der Waals surface area contributed by atoms with E-state index in [1.807, 2.05) is 0 Å². The molecule has 0 atom stereocenters. The number of hydrogen-bond acceptors (Lipinski definition) is 2. The first-order valence-electron chi connectivity index (χ1n) is 2.99. The Bertz CT molecular complexity index is 264. The number of carbonyl (C=O) groups excluding carboxylic acids is 1. The lowest BCUT2D eigenvalue weighted by Crippen LogP contribution is -2.28. The summed E-state index contributed by atoms with van der Waals surface area (Å²) in [5.41, 5.74) is 0.504. The quantitative estimate of drug-likeness (QED) is 0.314. The number of rotatable bonds is 2. The minimum Gasteiger partial charge on any atom is -0.277 e. The molecule has 1 amide bonds. The van der Waals surface area contributed by atoms with Gasteiger partial charge in [0.25, 0.3) is 0 Å². The second kappa shape index (κ2) is 3.37. The van der Waals surface area contributed by atoms with Crippen LogP contribution in [0.3, 0.4) is 0 Å². The van der Waals surface area contributed by atoms with Crippen molar-refractivity contribution in [1.82, 2.24) is 0 Å². The fourth-order valence-electron chi connectivity index (χ4n) is 0.718.